The number of nitrogens with one attached hydrogen (secondary N) is 1. The molecule has 5 nitrogen and oxygen atoms in total. The van der Waals surface area contributed by atoms with Crippen LogP contribution in [-0.4, -0.2) is 22.7 Å². The van der Waals surface area contributed by atoms with Gasteiger partial charge in [0.2, 0.25) is 0 Å². The van der Waals surface area contributed by atoms with Gasteiger partial charge in [-0.05, 0) is 37.5 Å². The van der Waals surface area contributed by atoms with Crippen molar-refractivity contribution in [3.05, 3.63) is 29.8 Å². The van der Waals surface area contributed by atoms with Crippen molar-refractivity contribution in [1.29, 1.82) is 5.26 Å². The number of hydrogen-bond donors (Lipinski definition) is 2. The van der Waals surface area contributed by atoms with E-state index in [0.29, 0.717) is 18.6 Å². The quantitative estimate of drug-likeness (QED) is 0.874. The average Bonchev–Trinajstić information content (AvgIpc) is 2.55. The Hall–Kier alpha value is -2.06. The van der Waals surface area contributed by atoms with Gasteiger partial charge in [-0.3, -0.25) is 4.79 Å². The molecular weight excluding hydrogens is 280 g/mol. The smallest absolute Gasteiger partial charge is 0.262 e. The molecular formula is C17H22N2O3. The first kappa shape index (κ1) is 16.3. The third-order valence-corrected chi connectivity index (χ3v) is 4.05. The lowest BCUT2D eigenvalue weighted by Crippen LogP contribution is -2.52. The Morgan fingerprint density at radius 3 is 2.82 bits per heavy atom. The summed E-state index contributed by atoms with van der Waals surface area (Å²) in [5.74, 6) is 0.252. The molecule has 22 heavy (non-hydrogen) atoms. The zero-order valence-electron chi connectivity index (χ0n) is 12.8. The molecule has 118 valence electrons. The minimum absolute atomic E-state index is 0.0741. The van der Waals surface area contributed by atoms with Crippen LogP contribution in [0, 0.1) is 11.3 Å². The molecule has 0 saturated heterocycles. The predicted molar refractivity (Wildman–Crippen MR) is 82.0 cm³/mol. The number of ether oxygens (including phenoxy) is 1. The molecule has 0 spiro atoms. The normalized spacial score (nSPS) is 18.0. The maximum atomic E-state index is 12.3. The molecule has 1 aromatic rings. The Kier molecular flexibility index (Phi) is 5.40. The van der Waals surface area contributed by atoms with Crippen LogP contribution >= 0.6 is 0 Å². The van der Waals surface area contributed by atoms with Gasteiger partial charge < -0.3 is 15.2 Å². The number of rotatable bonds is 5. The van der Waals surface area contributed by atoms with E-state index in [1.807, 2.05) is 0 Å². The van der Waals surface area contributed by atoms with Gasteiger partial charge in [-0.2, -0.15) is 5.26 Å². The van der Waals surface area contributed by atoms with Crippen molar-refractivity contribution in [3.8, 4) is 11.8 Å². The summed E-state index contributed by atoms with van der Waals surface area (Å²) in [5.41, 5.74) is -0.0224. The minimum Gasteiger partial charge on any atom is -0.481 e. The molecule has 1 aliphatic carbocycles. The Morgan fingerprint density at radius 2 is 2.18 bits per heavy atom. The molecule has 2 N–H and O–H groups in total. The second-order valence-corrected chi connectivity index (χ2v) is 5.81. The number of amides is 1. The summed E-state index contributed by atoms with van der Waals surface area (Å²) in [6.07, 6.45) is 3.73. The van der Waals surface area contributed by atoms with Gasteiger partial charge >= 0.3 is 0 Å². The molecule has 0 heterocycles. The van der Waals surface area contributed by atoms with Crippen molar-refractivity contribution in [2.75, 3.05) is 0 Å². The SMILES string of the molecule is CC(Oc1cccc(CO)c1)C(=O)NC1(C#N)CCCCC1. The largest absolute Gasteiger partial charge is 0.481 e. The number of aliphatic hydroxyl groups excluding tert-OH is 1. The molecule has 1 aromatic carbocycles. The molecule has 0 aliphatic heterocycles. The van der Waals surface area contributed by atoms with Gasteiger partial charge in [0.15, 0.2) is 6.10 Å². The Balaban J connectivity index is 1.98. The number of carbonyl (C=O) groups is 1. The fraction of sp³-hybridized carbons (Fsp3) is 0.529. The fourth-order valence-corrected chi connectivity index (χ4v) is 2.73. The molecule has 0 radical (unpaired) electrons. The molecule has 0 bridgehead atoms. The van der Waals surface area contributed by atoms with Gasteiger partial charge in [0.25, 0.3) is 5.91 Å². The highest BCUT2D eigenvalue weighted by Crippen LogP contribution is 2.27. The molecule has 1 unspecified atom stereocenters. The Labute approximate surface area is 130 Å². The average molecular weight is 302 g/mol. The van der Waals surface area contributed by atoms with Crippen LogP contribution in [0.1, 0.15) is 44.6 Å². The van der Waals surface area contributed by atoms with E-state index in [1.54, 1.807) is 31.2 Å². The molecule has 1 atom stereocenters. The third kappa shape index (κ3) is 3.99. The van der Waals surface area contributed by atoms with Crippen LogP contribution in [0.15, 0.2) is 24.3 Å². The fourth-order valence-electron chi connectivity index (χ4n) is 2.73. The summed E-state index contributed by atoms with van der Waals surface area (Å²) in [5, 5.41) is 21.4. The van der Waals surface area contributed by atoms with E-state index in [4.69, 9.17) is 9.84 Å². The first-order chi connectivity index (χ1) is 10.6. The zero-order valence-corrected chi connectivity index (χ0v) is 12.8. The number of aliphatic hydroxyl groups is 1. The topological polar surface area (TPSA) is 82.3 Å². The lowest BCUT2D eigenvalue weighted by molar-refractivity contribution is -0.129. The summed E-state index contributed by atoms with van der Waals surface area (Å²) < 4.78 is 5.62. The lowest BCUT2D eigenvalue weighted by Gasteiger charge is -2.32. The van der Waals surface area contributed by atoms with Crippen molar-refractivity contribution in [2.24, 2.45) is 0 Å². The van der Waals surface area contributed by atoms with Crippen LogP contribution in [0.2, 0.25) is 0 Å². The second-order valence-electron chi connectivity index (χ2n) is 5.81. The monoisotopic (exact) mass is 302 g/mol. The summed E-state index contributed by atoms with van der Waals surface area (Å²) in [7, 11) is 0. The molecule has 5 heteroatoms. The van der Waals surface area contributed by atoms with E-state index in [9.17, 15) is 10.1 Å². The number of hydrogen-bond acceptors (Lipinski definition) is 4. The molecule has 1 aliphatic rings. The van der Waals surface area contributed by atoms with Crippen LogP contribution in [-0.2, 0) is 11.4 Å². The van der Waals surface area contributed by atoms with E-state index in [-0.39, 0.29) is 12.5 Å². The first-order valence-electron chi connectivity index (χ1n) is 7.68. The number of nitriles is 1. The molecule has 2 rings (SSSR count). The zero-order chi connectivity index (χ0) is 16.0. The summed E-state index contributed by atoms with van der Waals surface area (Å²) >= 11 is 0. The van der Waals surface area contributed by atoms with Gasteiger partial charge in [0, 0.05) is 0 Å². The van der Waals surface area contributed by atoms with Crippen LogP contribution in [0.5, 0.6) is 5.75 Å². The lowest BCUT2D eigenvalue weighted by atomic mass is 9.83. The highest BCUT2D eigenvalue weighted by Gasteiger charge is 2.35. The van der Waals surface area contributed by atoms with E-state index in [2.05, 4.69) is 11.4 Å². The summed E-state index contributed by atoms with van der Waals surface area (Å²) in [4.78, 5) is 12.3. The van der Waals surface area contributed by atoms with E-state index < -0.39 is 11.6 Å². The first-order valence-corrected chi connectivity index (χ1v) is 7.68. The van der Waals surface area contributed by atoms with Crippen molar-refractivity contribution < 1.29 is 14.6 Å². The maximum absolute atomic E-state index is 12.3. The second kappa shape index (κ2) is 7.28. The van der Waals surface area contributed by atoms with Crippen LogP contribution in [0.3, 0.4) is 0 Å². The van der Waals surface area contributed by atoms with Gasteiger partial charge in [0.05, 0.1) is 12.7 Å². The summed E-state index contributed by atoms with van der Waals surface area (Å²) in [6, 6.07) is 9.25. The standard InChI is InChI=1S/C17H22N2O3/c1-13(22-15-7-5-6-14(10-15)11-20)16(21)19-17(12-18)8-3-2-4-9-17/h5-7,10,13,20H,2-4,8-9,11H2,1H3,(H,19,21). The van der Waals surface area contributed by atoms with Crippen LogP contribution in [0.25, 0.3) is 0 Å². The molecule has 1 amide bonds. The van der Waals surface area contributed by atoms with Crippen molar-refractivity contribution in [2.45, 2.75) is 57.3 Å². The van der Waals surface area contributed by atoms with Crippen molar-refractivity contribution >= 4 is 5.91 Å². The highest BCUT2D eigenvalue weighted by molar-refractivity contribution is 5.82. The Morgan fingerprint density at radius 1 is 1.45 bits per heavy atom. The summed E-state index contributed by atoms with van der Waals surface area (Å²) in [6.45, 7) is 1.59. The van der Waals surface area contributed by atoms with E-state index >= 15 is 0 Å². The van der Waals surface area contributed by atoms with Gasteiger partial charge in [0.1, 0.15) is 11.3 Å². The van der Waals surface area contributed by atoms with Gasteiger partial charge in [-0.1, -0.05) is 31.4 Å². The molecule has 0 aromatic heterocycles. The van der Waals surface area contributed by atoms with Gasteiger partial charge in [-0.25, -0.2) is 0 Å². The highest BCUT2D eigenvalue weighted by atomic mass is 16.5. The Bertz CT molecular complexity index is 559. The molecule has 1 saturated carbocycles. The number of benzene rings is 1. The van der Waals surface area contributed by atoms with Crippen LogP contribution < -0.4 is 10.1 Å². The number of carbonyl (C=O) groups excluding carboxylic acids is 1. The maximum Gasteiger partial charge on any atom is 0.262 e. The van der Waals surface area contributed by atoms with Crippen molar-refractivity contribution in [3.63, 3.8) is 0 Å². The van der Waals surface area contributed by atoms with E-state index in [1.165, 1.54) is 0 Å². The molecule has 1 fully saturated rings. The predicted octanol–water partition coefficient (Wildman–Crippen LogP) is 2.29. The third-order valence-electron chi connectivity index (χ3n) is 4.05. The van der Waals surface area contributed by atoms with E-state index in [0.717, 1.165) is 24.8 Å². The number of nitrogens with zero attached hydrogens (tertiary/aromatic N) is 1. The van der Waals surface area contributed by atoms with Crippen LogP contribution in [0.4, 0.5) is 0 Å². The van der Waals surface area contributed by atoms with Gasteiger partial charge in [-0.15, -0.1) is 0 Å². The van der Waals surface area contributed by atoms with Crippen molar-refractivity contribution in [1.82, 2.24) is 5.32 Å². The minimum atomic E-state index is -0.750.